The number of thiophene rings is 1. The summed E-state index contributed by atoms with van der Waals surface area (Å²) in [5, 5.41) is 3.88. The van der Waals surface area contributed by atoms with Gasteiger partial charge in [-0.3, -0.25) is 24.0 Å². The molecule has 1 saturated heterocycles. The van der Waals surface area contributed by atoms with Gasteiger partial charge in [-0.1, -0.05) is 42.1 Å². The molecular formula is C23H17N3O2S3. The summed E-state index contributed by atoms with van der Waals surface area (Å²) in [4.78, 5) is 31.8. The normalized spacial score (nSPS) is 16.6. The number of carbonyl (C=O) groups is 2. The van der Waals surface area contributed by atoms with Crippen LogP contribution in [0.1, 0.15) is 4.88 Å². The third-order valence-corrected chi connectivity index (χ3v) is 8.95. The van der Waals surface area contributed by atoms with Crippen LogP contribution in [0, 0.1) is 5.92 Å². The maximum Gasteiger partial charge on any atom is 0.241 e. The minimum absolute atomic E-state index is 0.232. The lowest BCUT2D eigenvalue weighted by Crippen LogP contribution is -2.57. The standard InChI is InChI=1S/C23H17N3O2S3/c1-24-20(27)15(21(28)25(2)23(24)29)10-12-11-18-22(30-12)26-16-8-4-3-6-13(16)14-7-5-9-17(31-18)19(14)26/h3-9,11,15H,10H2,1-2H3. The molecule has 2 aliphatic heterocycles. The maximum absolute atomic E-state index is 12.8. The molecule has 5 nitrogen and oxygen atoms in total. The second kappa shape index (κ2) is 6.66. The van der Waals surface area contributed by atoms with Gasteiger partial charge >= 0.3 is 0 Å². The summed E-state index contributed by atoms with van der Waals surface area (Å²) in [6.07, 6.45) is 0.381. The van der Waals surface area contributed by atoms with Gasteiger partial charge in [-0.2, -0.15) is 0 Å². The van der Waals surface area contributed by atoms with Crippen molar-refractivity contribution in [2.45, 2.75) is 16.2 Å². The van der Waals surface area contributed by atoms with Gasteiger partial charge in [-0.05, 0) is 30.4 Å². The summed E-state index contributed by atoms with van der Waals surface area (Å²) in [5.74, 6) is -1.20. The molecule has 4 aromatic rings. The Balaban J connectivity index is 1.47. The molecule has 1 fully saturated rings. The van der Waals surface area contributed by atoms with E-state index in [1.807, 2.05) is 0 Å². The van der Waals surface area contributed by atoms with Crippen LogP contribution in [0.3, 0.4) is 0 Å². The van der Waals surface area contributed by atoms with Crippen LogP contribution in [0.15, 0.2) is 58.3 Å². The van der Waals surface area contributed by atoms with Gasteiger partial charge in [-0.25, -0.2) is 0 Å². The molecule has 2 aromatic heterocycles. The van der Waals surface area contributed by atoms with Gasteiger partial charge < -0.3 is 0 Å². The molecule has 8 heteroatoms. The molecule has 0 bridgehead atoms. The molecule has 31 heavy (non-hydrogen) atoms. The fourth-order valence-corrected chi connectivity index (χ4v) is 7.18. The lowest BCUT2D eigenvalue weighted by atomic mass is 9.99. The van der Waals surface area contributed by atoms with Crippen molar-refractivity contribution < 1.29 is 9.59 Å². The van der Waals surface area contributed by atoms with E-state index < -0.39 is 5.92 Å². The molecule has 154 valence electrons. The first-order valence-corrected chi connectivity index (χ1v) is 11.9. The molecule has 0 aliphatic carbocycles. The molecule has 0 atom stereocenters. The number of rotatable bonds is 2. The van der Waals surface area contributed by atoms with Gasteiger partial charge in [0.15, 0.2) is 5.11 Å². The number of hydrogen-bond acceptors (Lipinski definition) is 5. The molecule has 0 unspecified atom stereocenters. The minimum Gasteiger partial charge on any atom is -0.299 e. The number of amides is 2. The second-order valence-corrected chi connectivity index (χ2v) is 10.4. The van der Waals surface area contributed by atoms with Crippen LogP contribution < -0.4 is 0 Å². The van der Waals surface area contributed by atoms with Crippen LogP contribution in [-0.4, -0.2) is 45.4 Å². The highest BCUT2D eigenvalue weighted by Crippen LogP contribution is 2.49. The van der Waals surface area contributed by atoms with Crippen molar-refractivity contribution in [2.75, 3.05) is 14.1 Å². The fourth-order valence-electron chi connectivity index (χ4n) is 4.50. The summed E-state index contributed by atoms with van der Waals surface area (Å²) >= 11 is 8.63. The quantitative estimate of drug-likeness (QED) is 0.282. The van der Waals surface area contributed by atoms with Crippen molar-refractivity contribution in [3.63, 3.8) is 0 Å². The van der Waals surface area contributed by atoms with Crippen molar-refractivity contribution in [3.8, 4) is 5.00 Å². The first-order valence-electron chi connectivity index (χ1n) is 9.88. The zero-order chi connectivity index (χ0) is 21.4. The zero-order valence-corrected chi connectivity index (χ0v) is 19.2. The summed E-state index contributed by atoms with van der Waals surface area (Å²) in [7, 11) is 3.27. The molecule has 0 spiro atoms. The van der Waals surface area contributed by atoms with Gasteiger partial charge in [0.05, 0.1) is 11.0 Å². The van der Waals surface area contributed by atoms with E-state index in [4.69, 9.17) is 12.2 Å². The third-order valence-electron chi connectivity index (χ3n) is 6.05. The molecule has 0 N–H and O–H groups in total. The van der Waals surface area contributed by atoms with Crippen LogP contribution in [-0.2, 0) is 16.0 Å². The molecule has 2 amide bonds. The largest absolute Gasteiger partial charge is 0.299 e. The van der Waals surface area contributed by atoms with E-state index in [1.165, 1.54) is 36.5 Å². The maximum atomic E-state index is 12.8. The first kappa shape index (κ1) is 19.0. The predicted molar refractivity (Wildman–Crippen MR) is 128 cm³/mol. The Morgan fingerprint density at radius 1 is 0.935 bits per heavy atom. The second-order valence-electron chi connectivity index (χ2n) is 7.82. The van der Waals surface area contributed by atoms with Crippen LogP contribution >= 0.6 is 35.3 Å². The van der Waals surface area contributed by atoms with Gasteiger partial charge in [0, 0.05) is 46.0 Å². The number of para-hydroxylation sites is 2. The highest BCUT2D eigenvalue weighted by Gasteiger charge is 2.40. The molecule has 6 rings (SSSR count). The van der Waals surface area contributed by atoms with E-state index in [2.05, 4.69) is 53.1 Å². The van der Waals surface area contributed by atoms with Crippen molar-refractivity contribution in [3.05, 3.63) is 53.4 Å². The number of aromatic nitrogens is 1. The SMILES string of the molecule is CN1C(=O)C(Cc2cc3c(s2)-n2c4ccccc4c4cccc(c42)S3)C(=O)N(C)C1=S. The van der Waals surface area contributed by atoms with E-state index in [1.54, 1.807) is 37.2 Å². The number of fused-ring (bicyclic) bond motifs is 5. The summed E-state index contributed by atoms with van der Waals surface area (Å²) in [5.41, 5.74) is 2.40. The van der Waals surface area contributed by atoms with Crippen molar-refractivity contribution in [2.24, 2.45) is 5.92 Å². The van der Waals surface area contributed by atoms with Crippen molar-refractivity contribution >= 4 is 74.0 Å². The Labute approximate surface area is 192 Å². The first-order chi connectivity index (χ1) is 15.0. The topological polar surface area (TPSA) is 45.6 Å². The fraction of sp³-hybridized carbons (Fsp3) is 0.174. The van der Waals surface area contributed by atoms with Crippen LogP contribution in [0.25, 0.3) is 26.8 Å². The monoisotopic (exact) mass is 463 g/mol. The highest BCUT2D eigenvalue weighted by molar-refractivity contribution is 8.00. The molecule has 0 radical (unpaired) electrons. The molecule has 4 heterocycles. The van der Waals surface area contributed by atoms with Gasteiger partial charge in [0.25, 0.3) is 0 Å². The van der Waals surface area contributed by atoms with Crippen LogP contribution in [0.2, 0.25) is 0 Å². The minimum atomic E-state index is -0.740. The predicted octanol–water partition coefficient (Wildman–Crippen LogP) is 4.68. The average molecular weight is 464 g/mol. The zero-order valence-electron chi connectivity index (χ0n) is 16.8. The Bertz CT molecular complexity index is 1430. The van der Waals surface area contributed by atoms with E-state index in [-0.39, 0.29) is 16.9 Å². The van der Waals surface area contributed by atoms with E-state index in [0.29, 0.717) is 6.42 Å². The van der Waals surface area contributed by atoms with Crippen LogP contribution in [0.5, 0.6) is 0 Å². The Morgan fingerprint density at radius 3 is 2.42 bits per heavy atom. The number of nitrogens with zero attached hydrogens (tertiary/aromatic N) is 3. The number of thiocarbonyl (C=S) groups is 1. The van der Waals surface area contributed by atoms with Crippen molar-refractivity contribution in [1.29, 1.82) is 0 Å². The number of benzene rings is 2. The lowest BCUT2D eigenvalue weighted by Gasteiger charge is -2.35. The van der Waals surface area contributed by atoms with Crippen LogP contribution in [0.4, 0.5) is 0 Å². The Hall–Kier alpha value is -2.68. The van der Waals surface area contributed by atoms with Gasteiger partial charge in [0.2, 0.25) is 11.8 Å². The van der Waals surface area contributed by atoms with E-state index >= 15 is 0 Å². The molecule has 2 aliphatic rings. The number of hydrogen-bond donors (Lipinski definition) is 0. The lowest BCUT2D eigenvalue weighted by molar-refractivity contribution is -0.145. The van der Waals surface area contributed by atoms with E-state index in [9.17, 15) is 9.59 Å². The Morgan fingerprint density at radius 2 is 1.65 bits per heavy atom. The third kappa shape index (κ3) is 2.58. The summed E-state index contributed by atoms with van der Waals surface area (Å²) < 4.78 is 2.33. The van der Waals surface area contributed by atoms with E-state index in [0.717, 1.165) is 14.8 Å². The van der Waals surface area contributed by atoms with Gasteiger partial charge in [0.1, 0.15) is 10.9 Å². The smallest absolute Gasteiger partial charge is 0.241 e. The number of carbonyl (C=O) groups excluding carboxylic acids is 2. The summed E-state index contributed by atoms with van der Waals surface area (Å²) in [6.45, 7) is 0. The molecule has 0 saturated carbocycles. The van der Waals surface area contributed by atoms with Gasteiger partial charge in [-0.15, -0.1) is 11.3 Å². The highest BCUT2D eigenvalue weighted by atomic mass is 32.2. The molecular weight excluding hydrogens is 446 g/mol. The average Bonchev–Trinajstić information content (AvgIpc) is 3.34. The Kier molecular flexibility index (Phi) is 4.09. The molecule has 2 aromatic carbocycles. The van der Waals surface area contributed by atoms with Crippen molar-refractivity contribution in [1.82, 2.24) is 14.4 Å². The summed E-state index contributed by atoms with van der Waals surface area (Å²) in [6, 6.07) is 17.0.